The molecule has 0 spiro atoms. The summed E-state index contributed by atoms with van der Waals surface area (Å²) in [5.41, 5.74) is 2.13. The number of aliphatic hydroxyl groups is 1. The van der Waals surface area contributed by atoms with Gasteiger partial charge < -0.3 is 5.11 Å². The van der Waals surface area contributed by atoms with E-state index in [1.165, 1.54) is 5.56 Å². The summed E-state index contributed by atoms with van der Waals surface area (Å²) in [6.45, 7) is 2.07. The minimum Gasteiger partial charge on any atom is -0.387 e. The Morgan fingerprint density at radius 3 is 2.67 bits per heavy atom. The summed E-state index contributed by atoms with van der Waals surface area (Å²) in [6, 6.07) is 7.84. The lowest BCUT2D eigenvalue weighted by molar-refractivity contribution is 0.201. The van der Waals surface area contributed by atoms with E-state index in [1.54, 1.807) is 0 Å². The minimum absolute atomic E-state index is 0.261. The molecular formula is C10H13ClO. The van der Waals surface area contributed by atoms with Gasteiger partial charge in [-0.25, -0.2) is 0 Å². The summed E-state index contributed by atoms with van der Waals surface area (Å²) in [5.74, 6) is 0.261. The molecule has 1 rings (SSSR count). The molecule has 1 aromatic carbocycles. The molecule has 1 aromatic rings. The zero-order chi connectivity index (χ0) is 8.97. The first kappa shape index (κ1) is 9.56. The number of halogens is 1. The summed E-state index contributed by atoms with van der Waals surface area (Å²) in [5, 5.41) is 9.51. The normalized spacial score (nSPS) is 12.9. The number of hydrogen-bond acceptors (Lipinski definition) is 1. The highest BCUT2D eigenvalue weighted by molar-refractivity contribution is 6.18. The molecule has 0 aliphatic carbocycles. The van der Waals surface area contributed by atoms with E-state index < -0.39 is 6.10 Å². The summed E-state index contributed by atoms with van der Waals surface area (Å²) < 4.78 is 0. The molecule has 0 saturated heterocycles. The molecule has 0 aromatic heterocycles. The van der Waals surface area contributed by atoms with Crippen molar-refractivity contribution in [1.82, 2.24) is 0 Å². The molecule has 0 aliphatic rings. The van der Waals surface area contributed by atoms with E-state index in [0.29, 0.717) is 0 Å². The second-order valence-corrected chi connectivity index (χ2v) is 3.03. The molecule has 1 N–H and O–H groups in total. The monoisotopic (exact) mass is 184 g/mol. The van der Waals surface area contributed by atoms with Gasteiger partial charge in [-0.05, 0) is 17.5 Å². The van der Waals surface area contributed by atoms with Crippen LogP contribution in [0, 0.1) is 0 Å². The molecule has 66 valence electrons. The van der Waals surface area contributed by atoms with Crippen LogP contribution in [0.5, 0.6) is 0 Å². The maximum atomic E-state index is 9.51. The van der Waals surface area contributed by atoms with E-state index in [-0.39, 0.29) is 5.88 Å². The van der Waals surface area contributed by atoms with E-state index in [4.69, 9.17) is 11.6 Å². The van der Waals surface area contributed by atoms with E-state index in [1.807, 2.05) is 24.3 Å². The van der Waals surface area contributed by atoms with Crippen LogP contribution in [0.3, 0.4) is 0 Å². The molecule has 12 heavy (non-hydrogen) atoms. The van der Waals surface area contributed by atoms with Crippen molar-refractivity contribution >= 4 is 11.6 Å². The summed E-state index contributed by atoms with van der Waals surface area (Å²) in [7, 11) is 0. The summed E-state index contributed by atoms with van der Waals surface area (Å²) >= 11 is 5.57. The molecule has 0 fully saturated rings. The molecular weight excluding hydrogens is 172 g/mol. The molecule has 1 unspecified atom stereocenters. The topological polar surface area (TPSA) is 20.2 Å². The molecule has 0 aliphatic heterocycles. The maximum Gasteiger partial charge on any atom is 0.0927 e. The smallest absolute Gasteiger partial charge is 0.0927 e. The Labute approximate surface area is 78.0 Å². The van der Waals surface area contributed by atoms with Crippen molar-refractivity contribution in [2.45, 2.75) is 19.4 Å². The van der Waals surface area contributed by atoms with Crippen molar-refractivity contribution in [2.24, 2.45) is 0 Å². The number of aliphatic hydroxyl groups excluding tert-OH is 1. The van der Waals surface area contributed by atoms with Crippen LogP contribution < -0.4 is 0 Å². The number of benzene rings is 1. The fourth-order valence-corrected chi connectivity index (χ4v) is 1.43. The van der Waals surface area contributed by atoms with Crippen LogP contribution >= 0.6 is 11.6 Å². The van der Waals surface area contributed by atoms with Gasteiger partial charge in [0.15, 0.2) is 0 Å². The van der Waals surface area contributed by atoms with Crippen molar-refractivity contribution in [3.05, 3.63) is 35.4 Å². The molecule has 0 bridgehead atoms. The van der Waals surface area contributed by atoms with E-state index in [0.717, 1.165) is 12.0 Å². The van der Waals surface area contributed by atoms with E-state index in [9.17, 15) is 5.11 Å². The highest BCUT2D eigenvalue weighted by atomic mass is 35.5. The lowest BCUT2D eigenvalue weighted by Gasteiger charge is -2.11. The minimum atomic E-state index is -0.525. The van der Waals surface area contributed by atoms with Crippen LogP contribution in [-0.4, -0.2) is 11.0 Å². The van der Waals surface area contributed by atoms with Crippen molar-refractivity contribution in [3.63, 3.8) is 0 Å². The number of hydrogen-bond donors (Lipinski definition) is 1. The van der Waals surface area contributed by atoms with Gasteiger partial charge in [-0.1, -0.05) is 31.2 Å². The van der Waals surface area contributed by atoms with Gasteiger partial charge >= 0.3 is 0 Å². The van der Waals surface area contributed by atoms with Crippen LogP contribution in [0.1, 0.15) is 24.2 Å². The van der Waals surface area contributed by atoms with Crippen LogP contribution in [0.15, 0.2) is 24.3 Å². The predicted octanol–water partition coefficient (Wildman–Crippen LogP) is 2.52. The average molecular weight is 185 g/mol. The lowest BCUT2D eigenvalue weighted by atomic mass is 10.0. The van der Waals surface area contributed by atoms with Crippen molar-refractivity contribution in [1.29, 1.82) is 0 Å². The number of alkyl halides is 1. The SMILES string of the molecule is CCc1ccccc1C(O)CCl. The molecule has 1 nitrogen and oxygen atoms in total. The molecule has 2 heteroatoms. The highest BCUT2D eigenvalue weighted by Gasteiger charge is 2.08. The summed E-state index contributed by atoms with van der Waals surface area (Å²) in [6.07, 6.45) is 0.409. The Hall–Kier alpha value is -0.530. The van der Waals surface area contributed by atoms with Crippen LogP contribution in [0.25, 0.3) is 0 Å². The van der Waals surface area contributed by atoms with Crippen molar-refractivity contribution in [2.75, 3.05) is 5.88 Å². The Balaban J connectivity index is 2.96. The number of rotatable bonds is 3. The third-order valence-corrected chi connectivity index (χ3v) is 2.23. The fourth-order valence-electron chi connectivity index (χ4n) is 1.26. The third kappa shape index (κ3) is 1.99. The Bertz CT molecular complexity index is 247. The second kappa shape index (κ2) is 4.48. The summed E-state index contributed by atoms with van der Waals surface area (Å²) in [4.78, 5) is 0. The molecule has 0 saturated carbocycles. The largest absolute Gasteiger partial charge is 0.387 e. The standard InChI is InChI=1S/C10H13ClO/c1-2-8-5-3-4-6-9(8)10(12)7-11/h3-6,10,12H,2,7H2,1H3. The zero-order valence-electron chi connectivity index (χ0n) is 7.13. The van der Waals surface area contributed by atoms with Crippen LogP contribution in [-0.2, 0) is 6.42 Å². The Morgan fingerprint density at radius 1 is 1.42 bits per heavy atom. The predicted molar refractivity (Wildman–Crippen MR) is 51.5 cm³/mol. The van der Waals surface area contributed by atoms with Crippen LogP contribution in [0.2, 0.25) is 0 Å². The van der Waals surface area contributed by atoms with Crippen LogP contribution in [0.4, 0.5) is 0 Å². The molecule has 0 amide bonds. The maximum absolute atomic E-state index is 9.51. The van der Waals surface area contributed by atoms with E-state index >= 15 is 0 Å². The second-order valence-electron chi connectivity index (χ2n) is 2.72. The van der Waals surface area contributed by atoms with Gasteiger partial charge in [0, 0.05) is 0 Å². The Morgan fingerprint density at radius 2 is 2.08 bits per heavy atom. The fraction of sp³-hybridized carbons (Fsp3) is 0.400. The highest BCUT2D eigenvalue weighted by Crippen LogP contribution is 2.19. The molecule has 0 heterocycles. The first-order chi connectivity index (χ1) is 5.79. The molecule has 0 radical (unpaired) electrons. The zero-order valence-corrected chi connectivity index (χ0v) is 7.88. The quantitative estimate of drug-likeness (QED) is 0.716. The van der Waals surface area contributed by atoms with Crippen molar-refractivity contribution in [3.8, 4) is 0 Å². The molecule has 1 atom stereocenters. The van der Waals surface area contributed by atoms with Gasteiger partial charge in [0.2, 0.25) is 0 Å². The number of aryl methyl sites for hydroxylation is 1. The average Bonchev–Trinajstić information content (AvgIpc) is 2.16. The van der Waals surface area contributed by atoms with Gasteiger partial charge in [0.25, 0.3) is 0 Å². The first-order valence-corrected chi connectivity index (χ1v) is 4.64. The first-order valence-electron chi connectivity index (χ1n) is 4.11. The van der Waals surface area contributed by atoms with Gasteiger partial charge in [0.05, 0.1) is 12.0 Å². The van der Waals surface area contributed by atoms with E-state index in [2.05, 4.69) is 6.92 Å². The Kier molecular flexibility index (Phi) is 3.57. The third-order valence-electron chi connectivity index (χ3n) is 1.94. The van der Waals surface area contributed by atoms with Gasteiger partial charge in [0.1, 0.15) is 0 Å². The van der Waals surface area contributed by atoms with Gasteiger partial charge in [-0.2, -0.15) is 0 Å². The van der Waals surface area contributed by atoms with Gasteiger partial charge in [-0.15, -0.1) is 11.6 Å². The van der Waals surface area contributed by atoms with Gasteiger partial charge in [-0.3, -0.25) is 0 Å². The van der Waals surface area contributed by atoms with Crippen molar-refractivity contribution < 1.29 is 5.11 Å². The lowest BCUT2D eigenvalue weighted by Crippen LogP contribution is -2.02.